The van der Waals surface area contributed by atoms with Gasteiger partial charge in [0.15, 0.2) is 0 Å². The molecule has 0 bridgehead atoms. The molecule has 2 saturated heterocycles. The average molecular weight is 366 g/mol. The summed E-state index contributed by atoms with van der Waals surface area (Å²) < 4.78 is 23.3. The van der Waals surface area contributed by atoms with Crippen LogP contribution >= 0.6 is 0 Å². The van der Waals surface area contributed by atoms with Crippen molar-refractivity contribution in [3.63, 3.8) is 0 Å². The fraction of sp³-hybridized carbons (Fsp3) is 0.500. The van der Waals surface area contributed by atoms with Crippen LogP contribution in [0.1, 0.15) is 18.4 Å². The number of carbonyl (C=O) groups excluding carboxylic acids is 2. The third kappa shape index (κ3) is 3.47. The molecule has 3 rings (SSSR count). The number of piperidine rings is 1. The van der Waals surface area contributed by atoms with E-state index in [2.05, 4.69) is 5.32 Å². The largest absolute Gasteiger partial charge is 0.343 e. The maximum absolute atomic E-state index is 12.6. The molecule has 25 heavy (non-hydrogen) atoms. The van der Waals surface area contributed by atoms with E-state index in [1.54, 1.807) is 35.0 Å². The summed E-state index contributed by atoms with van der Waals surface area (Å²) in [5.74, 6) is -0.0525. The lowest BCUT2D eigenvalue weighted by Crippen LogP contribution is -2.52. The highest BCUT2D eigenvalue weighted by atomic mass is 32.2. The van der Waals surface area contributed by atoms with Gasteiger partial charge >= 0.3 is 6.03 Å². The number of nitrogens with zero attached hydrogens (tertiary/aromatic N) is 2. The Balaban J connectivity index is 1.71. The number of amides is 3. The highest BCUT2D eigenvalue weighted by Crippen LogP contribution is 2.31. The monoisotopic (exact) mass is 366 g/mol. The van der Waals surface area contributed by atoms with Gasteiger partial charge < -0.3 is 15.1 Å². The summed E-state index contributed by atoms with van der Waals surface area (Å²) in [6, 6.07) is 5.89. The second kappa shape index (κ2) is 6.64. The summed E-state index contributed by atoms with van der Waals surface area (Å²) in [4.78, 5) is 28.1. The van der Waals surface area contributed by atoms with Gasteiger partial charge in [0.25, 0.3) is 0 Å². The van der Waals surface area contributed by atoms with Crippen molar-refractivity contribution in [3.8, 4) is 0 Å². The van der Waals surface area contributed by atoms with E-state index < -0.39 is 10.0 Å². The third-order valence-electron chi connectivity index (χ3n) is 4.90. The predicted molar refractivity (Wildman–Crippen MR) is 90.9 cm³/mol. The van der Waals surface area contributed by atoms with Crippen LogP contribution in [0, 0.1) is 5.92 Å². The minimum Gasteiger partial charge on any atom is -0.343 e. The predicted octanol–water partition coefficient (Wildman–Crippen LogP) is 0.0962. The molecular formula is C16H22N4O4S. The Bertz CT molecular complexity index is 795. The molecule has 0 spiro atoms. The summed E-state index contributed by atoms with van der Waals surface area (Å²) in [6.07, 6.45) is 1.58. The zero-order chi connectivity index (χ0) is 18.2. The first kappa shape index (κ1) is 17.7. The fourth-order valence-corrected chi connectivity index (χ4v) is 4.45. The van der Waals surface area contributed by atoms with Gasteiger partial charge in [-0.3, -0.25) is 4.79 Å². The first-order chi connectivity index (χ1) is 11.8. The van der Waals surface area contributed by atoms with Crippen molar-refractivity contribution in [2.75, 3.05) is 20.1 Å². The second-order valence-corrected chi connectivity index (χ2v) is 8.07. The molecule has 2 fully saturated rings. The molecule has 0 unspecified atom stereocenters. The summed E-state index contributed by atoms with van der Waals surface area (Å²) in [7, 11) is -2.10. The van der Waals surface area contributed by atoms with Gasteiger partial charge in [0, 0.05) is 26.7 Å². The summed E-state index contributed by atoms with van der Waals surface area (Å²) in [5, 5.41) is 7.97. The molecular weight excluding hydrogens is 344 g/mol. The highest BCUT2D eigenvalue weighted by Gasteiger charge is 2.45. The summed E-state index contributed by atoms with van der Waals surface area (Å²) in [5.41, 5.74) is 0.437. The number of fused-ring (bicyclic) bond motifs is 1. The van der Waals surface area contributed by atoms with E-state index in [0.717, 1.165) is 12.8 Å². The van der Waals surface area contributed by atoms with Crippen LogP contribution in [0.2, 0.25) is 0 Å². The quantitative estimate of drug-likeness (QED) is 0.790. The Morgan fingerprint density at radius 2 is 2.08 bits per heavy atom. The van der Waals surface area contributed by atoms with Crippen molar-refractivity contribution < 1.29 is 18.0 Å². The van der Waals surface area contributed by atoms with Gasteiger partial charge in [-0.1, -0.05) is 18.2 Å². The molecule has 3 N–H and O–H groups in total. The Labute approximate surface area is 147 Å². The number of nitrogens with two attached hydrogens (primary N) is 1. The van der Waals surface area contributed by atoms with E-state index >= 15 is 0 Å². The lowest BCUT2D eigenvalue weighted by molar-refractivity contribution is -0.130. The van der Waals surface area contributed by atoms with Gasteiger partial charge in [-0.2, -0.15) is 0 Å². The molecule has 2 atom stereocenters. The number of nitrogens with one attached hydrogen (secondary N) is 1. The molecule has 9 heteroatoms. The Morgan fingerprint density at radius 1 is 1.36 bits per heavy atom. The number of likely N-dealkylation sites (tertiary alicyclic amines) is 2. The molecule has 8 nitrogen and oxygen atoms in total. The number of benzene rings is 1. The zero-order valence-electron chi connectivity index (χ0n) is 14.0. The van der Waals surface area contributed by atoms with Gasteiger partial charge in [0.2, 0.25) is 15.9 Å². The number of carbonyl (C=O) groups is 2. The molecule has 0 aliphatic carbocycles. The van der Waals surface area contributed by atoms with Crippen LogP contribution in [0.5, 0.6) is 0 Å². The topological polar surface area (TPSA) is 113 Å². The van der Waals surface area contributed by atoms with E-state index in [4.69, 9.17) is 5.14 Å². The van der Waals surface area contributed by atoms with Gasteiger partial charge in [-0.05, 0) is 24.5 Å². The smallest absolute Gasteiger partial charge is 0.318 e. The summed E-state index contributed by atoms with van der Waals surface area (Å²) >= 11 is 0. The van der Waals surface area contributed by atoms with Crippen LogP contribution in [-0.4, -0.2) is 56.3 Å². The Kier molecular flexibility index (Phi) is 4.70. The van der Waals surface area contributed by atoms with Gasteiger partial charge in [-0.25, -0.2) is 18.4 Å². The molecule has 1 aromatic rings. The lowest BCUT2D eigenvalue weighted by atomic mass is 9.92. The van der Waals surface area contributed by atoms with Gasteiger partial charge in [0.1, 0.15) is 0 Å². The maximum Gasteiger partial charge on any atom is 0.318 e. The van der Waals surface area contributed by atoms with E-state index in [1.165, 1.54) is 6.07 Å². The molecule has 2 aliphatic rings. The molecule has 2 heterocycles. The van der Waals surface area contributed by atoms with Crippen molar-refractivity contribution in [2.45, 2.75) is 30.3 Å². The SMILES string of the molecule is CN1C[C@@H]2[C@@H](CCCN2C(=O)NCc2ccccc2S(N)(=O)=O)C1=O. The van der Waals surface area contributed by atoms with Crippen molar-refractivity contribution in [3.05, 3.63) is 29.8 Å². The number of urea groups is 1. The average Bonchev–Trinajstić information content (AvgIpc) is 2.87. The minimum atomic E-state index is -3.85. The maximum atomic E-state index is 12.6. The number of rotatable bonds is 3. The van der Waals surface area contributed by atoms with Crippen molar-refractivity contribution in [1.82, 2.24) is 15.1 Å². The first-order valence-corrected chi connectivity index (χ1v) is 9.74. The fourth-order valence-electron chi connectivity index (χ4n) is 3.68. The number of sulfonamides is 1. The van der Waals surface area contributed by atoms with E-state index in [-0.39, 0.29) is 35.3 Å². The Hall–Kier alpha value is -2.13. The van der Waals surface area contributed by atoms with E-state index in [0.29, 0.717) is 18.7 Å². The molecule has 0 saturated carbocycles. The normalized spacial score (nSPS) is 23.5. The van der Waals surface area contributed by atoms with Crippen LogP contribution in [0.15, 0.2) is 29.2 Å². The van der Waals surface area contributed by atoms with Crippen molar-refractivity contribution in [2.24, 2.45) is 11.1 Å². The molecule has 3 amide bonds. The molecule has 0 radical (unpaired) electrons. The molecule has 0 aromatic heterocycles. The number of hydrogen-bond donors (Lipinski definition) is 2. The number of hydrogen-bond acceptors (Lipinski definition) is 4. The third-order valence-corrected chi connectivity index (χ3v) is 5.91. The van der Waals surface area contributed by atoms with Gasteiger partial charge in [-0.15, -0.1) is 0 Å². The zero-order valence-corrected chi connectivity index (χ0v) is 14.8. The number of primary sulfonamides is 1. The standard InChI is InChI=1S/C16H22N4O4S/c1-19-10-13-12(15(19)21)6-4-8-20(13)16(22)18-9-11-5-2-3-7-14(11)25(17,23)24/h2-3,5,7,12-13H,4,6,8-10H2,1H3,(H,18,22)(H2,17,23,24)/t12-,13-/m1/s1. The number of likely N-dealkylation sites (N-methyl/N-ethyl adjacent to an activating group) is 1. The lowest BCUT2D eigenvalue weighted by Gasteiger charge is -2.35. The highest BCUT2D eigenvalue weighted by molar-refractivity contribution is 7.89. The van der Waals surface area contributed by atoms with Crippen LogP contribution in [-0.2, 0) is 21.4 Å². The second-order valence-electron chi connectivity index (χ2n) is 6.54. The van der Waals surface area contributed by atoms with Crippen LogP contribution < -0.4 is 10.5 Å². The van der Waals surface area contributed by atoms with Gasteiger partial charge in [0.05, 0.1) is 16.9 Å². The molecule has 1 aromatic carbocycles. The van der Waals surface area contributed by atoms with Crippen molar-refractivity contribution >= 4 is 22.0 Å². The summed E-state index contributed by atoms with van der Waals surface area (Å²) in [6.45, 7) is 1.18. The van der Waals surface area contributed by atoms with Crippen molar-refractivity contribution in [1.29, 1.82) is 0 Å². The minimum absolute atomic E-state index is 0.00241. The Morgan fingerprint density at radius 3 is 2.80 bits per heavy atom. The van der Waals surface area contributed by atoms with Crippen LogP contribution in [0.3, 0.4) is 0 Å². The first-order valence-electron chi connectivity index (χ1n) is 8.19. The van der Waals surface area contributed by atoms with E-state index in [9.17, 15) is 18.0 Å². The van der Waals surface area contributed by atoms with E-state index in [1.807, 2.05) is 0 Å². The molecule has 2 aliphatic heterocycles. The van der Waals surface area contributed by atoms with Crippen LogP contribution in [0.25, 0.3) is 0 Å². The molecule has 136 valence electrons. The van der Waals surface area contributed by atoms with Crippen LogP contribution in [0.4, 0.5) is 4.79 Å².